The third-order valence-corrected chi connectivity index (χ3v) is 1.83. The minimum atomic E-state index is -0.711. The first-order valence-corrected chi connectivity index (χ1v) is 4.35. The molecule has 0 aliphatic carbocycles. The lowest BCUT2D eigenvalue weighted by Gasteiger charge is -2.11. The largest absolute Gasteiger partial charge is 0.472 e. The number of rotatable bonds is 3. The van der Waals surface area contributed by atoms with Crippen molar-refractivity contribution in [2.45, 2.75) is 26.4 Å². The fraction of sp³-hybridized carbons (Fsp3) is 0.500. The molecule has 72 valence electrons. The monoisotopic (exact) mass is 182 g/mol. The van der Waals surface area contributed by atoms with Gasteiger partial charge >= 0.3 is 0 Å². The van der Waals surface area contributed by atoms with Crippen LogP contribution in [-0.2, 0) is 0 Å². The summed E-state index contributed by atoms with van der Waals surface area (Å²) in [5.41, 5.74) is 0.176. The van der Waals surface area contributed by atoms with E-state index in [-0.39, 0.29) is 5.43 Å². The Morgan fingerprint density at radius 3 is 2.77 bits per heavy atom. The van der Waals surface area contributed by atoms with Crippen LogP contribution in [0.15, 0.2) is 27.8 Å². The molecule has 0 radical (unpaired) electrons. The lowest BCUT2D eigenvalue weighted by Crippen LogP contribution is -2.13. The number of aliphatic hydroxyl groups excluding tert-OH is 1. The fourth-order valence-corrected chi connectivity index (χ4v) is 1.18. The minimum Gasteiger partial charge on any atom is -0.472 e. The van der Waals surface area contributed by atoms with E-state index in [1.54, 1.807) is 0 Å². The molecule has 0 bridgehead atoms. The molecule has 0 aliphatic rings. The quantitative estimate of drug-likeness (QED) is 0.774. The summed E-state index contributed by atoms with van der Waals surface area (Å²) in [6.45, 7) is 3.99. The maximum absolute atomic E-state index is 11.2. The highest BCUT2D eigenvalue weighted by Crippen LogP contribution is 2.17. The average Bonchev–Trinajstić information content (AvgIpc) is 2.03. The highest BCUT2D eigenvalue weighted by molar-refractivity contribution is 5.10. The van der Waals surface area contributed by atoms with Crippen molar-refractivity contribution in [3.63, 3.8) is 0 Å². The van der Waals surface area contributed by atoms with Gasteiger partial charge in [0.2, 0.25) is 0 Å². The summed E-state index contributed by atoms with van der Waals surface area (Å²) in [6, 6.07) is 1.32. The summed E-state index contributed by atoms with van der Waals surface area (Å²) in [5.74, 6) is 0.356. The molecule has 13 heavy (non-hydrogen) atoms. The molecule has 3 heteroatoms. The molecule has 1 atom stereocenters. The van der Waals surface area contributed by atoms with Crippen LogP contribution in [0.4, 0.5) is 0 Å². The molecule has 1 N–H and O–H groups in total. The van der Waals surface area contributed by atoms with Gasteiger partial charge in [-0.25, -0.2) is 0 Å². The first-order chi connectivity index (χ1) is 6.11. The molecule has 0 spiro atoms. The number of aliphatic hydroxyl groups is 1. The fourth-order valence-electron chi connectivity index (χ4n) is 1.18. The Bertz CT molecular complexity index is 314. The van der Waals surface area contributed by atoms with Gasteiger partial charge < -0.3 is 9.52 Å². The SMILES string of the molecule is CC(C)CC(O)c1coccc1=O. The minimum absolute atomic E-state index is 0.167. The maximum Gasteiger partial charge on any atom is 0.190 e. The Balaban J connectivity index is 2.83. The molecule has 0 aliphatic heterocycles. The summed E-state index contributed by atoms with van der Waals surface area (Å²) in [7, 11) is 0. The van der Waals surface area contributed by atoms with E-state index < -0.39 is 6.10 Å². The summed E-state index contributed by atoms with van der Waals surface area (Å²) < 4.78 is 4.83. The van der Waals surface area contributed by atoms with E-state index >= 15 is 0 Å². The summed E-state index contributed by atoms with van der Waals surface area (Å²) >= 11 is 0. The van der Waals surface area contributed by atoms with E-state index in [9.17, 15) is 9.90 Å². The molecular weight excluding hydrogens is 168 g/mol. The number of hydrogen-bond donors (Lipinski definition) is 1. The predicted octanol–water partition coefficient (Wildman–Crippen LogP) is 1.72. The lowest BCUT2D eigenvalue weighted by atomic mass is 10.0. The average molecular weight is 182 g/mol. The summed E-state index contributed by atoms with van der Waals surface area (Å²) in [5, 5.41) is 9.61. The van der Waals surface area contributed by atoms with Crippen LogP contribution < -0.4 is 5.43 Å². The Labute approximate surface area is 77.0 Å². The second-order valence-corrected chi connectivity index (χ2v) is 3.52. The van der Waals surface area contributed by atoms with E-state index in [0.717, 1.165) is 0 Å². The van der Waals surface area contributed by atoms with Crippen LogP contribution in [0, 0.1) is 5.92 Å². The van der Waals surface area contributed by atoms with E-state index in [4.69, 9.17) is 4.42 Å². The van der Waals surface area contributed by atoms with Gasteiger partial charge in [-0.05, 0) is 12.3 Å². The third kappa shape index (κ3) is 2.70. The highest BCUT2D eigenvalue weighted by atomic mass is 16.3. The van der Waals surface area contributed by atoms with Crippen LogP contribution in [0.1, 0.15) is 31.9 Å². The van der Waals surface area contributed by atoms with E-state index in [2.05, 4.69) is 0 Å². The van der Waals surface area contributed by atoms with Gasteiger partial charge in [0, 0.05) is 6.07 Å². The molecule has 0 aromatic carbocycles. The first-order valence-electron chi connectivity index (χ1n) is 4.35. The molecule has 0 saturated heterocycles. The summed E-state index contributed by atoms with van der Waals surface area (Å²) in [6.07, 6.45) is 2.50. The van der Waals surface area contributed by atoms with Crippen molar-refractivity contribution >= 4 is 0 Å². The summed E-state index contributed by atoms with van der Waals surface area (Å²) in [4.78, 5) is 11.2. The molecule has 1 aromatic rings. The molecule has 0 fully saturated rings. The topological polar surface area (TPSA) is 50.4 Å². The van der Waals surface area contributed by atoms with Crippen LogP contribution in [0.25, 0.3) is 0 Å². The van der Waals surface area contributed by atoms with E-state index in [1.807, 2.05) is 13.8 Å². The lowest BCUT2D eigenvalue weighted by molar-refractivity contribution is 0.147. The van der Waals surface area contributed by atoms with Gasteiger partial charge in [0.1, 0.15) is 0 Å². The molecule has 1 unspecified atom stereocenters. The zero-order chi connectivity index (χ0) is 9.84. The van der Waals surface area contributed by atoms with Gasteiger partial charge in [-0.3, -0.25) is 4.79 Å². The zero-order valence-corrected chi connectivity index (χ0v) is 7.86. The van der Waals surface area contributed by atoms with Crippen LogP contribution in [0.5, 0.6) is 0 Å². The van der Waals surface area contributed by atoms with Crippen molar-refractivity contribution in [1.82, 2.24) is 0 Å². The van der Waals surface area contributed by atoms with Gasteiger partial charge in [0.05, 0.1) is 24.2 Å². The van der Waals surface area contributed by atoms with Crippen LogP contribution in [-0.4, -0.2) is 5.11 Å². The van der Waals surface area contributed by atoms with Crippen molar-refractivity contribution in [3.05, 3.63) is 34.4 Å². The Morgan fingerprint density at radius 2 is 2.23 bits per heavy atom. The Hall–Kier alpha value is -1.09. The molecule has 1 heterocycles. The van der Waals surface area contributed by atoms with Gasteiger partial charge in [0.15, 0.2) is 5.43 Å². The molecule has 0 amide bonds. The van der Waals surface area contributed by atoms with E-state index in [1.165, 1.54) is 18.6 Å². The highest BCUT2D eigenvalue weighted by Gasteiger charge is 2.12. The maximum atomic E-state index is 11.2. The standard InChI is InChI=1S/C10H14O3/c1-7(2)5-10(12)8-6-13-4-3-9(8)11/h3-4,6-7,10,12H,5H2,1-2H3. The second-order valence-electron chi connectivity index (χ2n) is 3.52. The Kier molecular flexibility index (Phi) is 3.25. The number of hydrogen-bond acceptors (Lipinski definition) is 3. The van der Waals surface area contributed by atoms with Crippen LogP contribution in [0.2, 0.25) is 0 Å². The smallest absolute Gasteiger partial charge is 0.190 e. The molecule has 1 aromatic heterocycles. The zero-order valence-electron chi connectivity index (χ0n) is 7.86. The van der Waals surface area contributed by atoms with Crippen LogP contribution >= 0.6 is 0 Å². The van der Waals surface area contributed by atoms with Crippen molar-refractivity contribution in [2.75, 3.05) is 0 Å². The van der Waals surface area contributed by atoms with Crippen molar-refractivity contribution in [1.29, 1.82) is 0 Å². The Morgan fingerprint density at radius 1 is 1.54 bits per heavy atom. The third-order valence-electron chi connectivity index (χ3n) is 1.83. The second kappa shape index (κ2) is 4.23. The normalized spacial score (nSPS) is 13.2. The molecule has 1 rings (SSSR count). The van der Waals surface area contributed by atoms with Crippen molar-refractivity contribution in [2.24, 2.45) is 5.92 Å². The van der Waals surface area contributed by atoms with E-state index in [0.29, 0.717) is 17.9 Å². The van der Waals surface area contributed by atoms with Gasteiger partial charge in [-0.2, -0.15) is 0 Å². The predicted molar refractivity (Wildman–Crippen MR) is 49.4 cm³/mol. The van der Waals surface area contributed by atoms with Crippen LogP contribution in [0.3, 0.4) is 0 Å². The first kappa shape index (κ1) is 9.99. The molecule has 3 nitrogen and oxygen atoms in total. The van der Waals surface area contributed by atoms with Crippen molar-refractivity contribution in [3.8, 4) is 0 Å². The van der Waals surface area contributed by atoms with Gasteiger partial charge in [-0.1, -0.05) is 13.8 Å². The van der Waals surface area contributed by atoms with Gasteiger partial charge in [-0.15, -0.1) is 0 Å². The molecule has 0 saturated carbocycles. The molecular formula is C10H14O3. The van der Waals surface area contributed by atoms with Gasteiger partial charge in [0.25, 0.3) is 0 Å². The van der Waals surface area contributed by atoms with Crippen molar-refractivity contribution < 1.29 is 9.52 Å².